The number of hydrogen-bond acceptors (Lipinski definition) is 2. The van der Waals surface area contributed by atoms with Crippen molar-refractivity contribution in [2.24, 2.45) is 0 Å². The number of hydrogen-bond donors (Lipinski definition) is 0. The highest BCUT2D eigenvalue weighted by molar-refractivity contribution is 7.14. The molecule has 0 unspecified atom stereocenters. The fourth-order valence-electron chi connectivity index (χ4n) is 1.52. The molecule has 2 rings (SSSR count). The van der Waals surface area contributed by atoms with Crippen LogP contribution >= 0.6 is 11.3 Å². The highest BCUT2D eigenvalue weighted by atomic mass is 32.1. The molecule has 1 aliphatic carbocycles. The molecular weight excluding hydrogens is 168 g/mol. The van der Waals surface area contributed by atoms with Gasteiger partial charge in [-0.1, -0.05) is 13.8 Å². The lowest BCUT2D eigenvalue weighted by molar-refractivity contribution is 0.0998. The Morgan fingerprint density at radius 2 is 2.17 bits per heavy atom. The number of aryl methyl sites for hydroxylation is 1. The van der Waals surface area contributed by atoms with Gasteiger partial charge in [0.05, 0.1) is 4.88 Å². The summed E-state index contributed by atoms with van der Waals surface area (Å²) in [6.45, 7) is 4.34. The fraction of sp³-hybridized carbons (Fsp3) is 0.500. The summed E-state index contributed by atoms with van der Waals surface area (Å²) in [5, 5.41) is 0. The van der Waals surface area contributed by atoms with E-state index in [1.54, 1.807) is 11.3 Å². The molecule has 2 heteroatoms. The van der Waals surface area contributed by atoms with Crippen molar-refractivity contribution in [3.63, 3.8) is 0 Å². The van der Waals surface area contributed by atoms with Gasteiger partial charge >= 0.3 is 0 Å². The van der Waals surface area contributed by atoms with E-state index in [0.29, 0.717) is 11.7 Å². The maximum absolute atomic E-state index is 11.3. The van der Waals surface area contributed by atoms with Gasteiger partial charge in [-0.05, 0) is 24.0 Å². The molecule has 0 atom stereocenters. The van der Waals surface area contributed by atoms with Crippen LogP contribution in [-0.2, 0) is 6.42 Å². The van der Waals surface area contributed by atoms with Gasteiger partial charge in [0.15, 0.2) is 5.78 Å². The van der Waals surface area contributed by atoms with Crippen LogP contribution in [0.4, 0.5) is 0 Å². The summed E-state index contributed by atoms with van der Waals surface area (Å²) < 4.78 is 0. The van der Waals surface area contributed by atoms with Crippen molar-refractivity contribution in [1.82, 2.24) is 0 Å². The monoisotopic (exact) mass is 180 g/mol. The lowest BCUT2D eigenvalue weighted by atomic mass is 10.1. The third-order valence-corrected chi connectivity index (χ3v) is 3.79. The van der Waals surface area contributed by atoms with Crippen molar-refractivity contribution >= 4 is 17.1 Å². The van der Waals surface area contributed by atoms with E-state index in [2.05, 4.69) is 19.9 Å². The zero-order chi connectivity index (χ0) is 8.72. The quantitative estimate of drug-likeness (QED) is 0.649. The number of rotatable bonds is 1. The predicted octanol–water partition coefficient (Wildman–Crippen LogP) is 3.00. The van der Waals surface area contributed by atoms with E-state index in [1.165, 1.54) is 10.4 Å². The summed E-state index contributed by atoms with van der Waals surface area (Å²) in [6, 6.07) is 2.20. The lowest BCUT2D eigenvalue weighted by Crippen LogP contribution is -1.86. The van der Waals surface area contributed by atoms with Gasteiger partial charge in [0.25, 0.3) is 0 Å². The number of Topliss-reactive ketones (excluding diaryl/α,β-unsaturated/α-hetero) is 1. The number of carbonyl (C=O) groups excluding carboxylic acids is 1. The van der Waals surface area contributed by atoms with Gasteiger partial charge < -0.3 is 0 Å². The Bertz CT molecular complexity index is 323. The van der Waals surface area contributed by atoms with Crippen LogP contribution < -0.4 is 0 Å². The van der Waals surface area contributed by atoms with E-state index in [9.17, 15) is 4.79 Å². The van der Waals surface area contributed by atoms with Gasteiger partial charge in [-0.15, -0.1) is 11.3 Å². The maximum Gasteiger partial charge on any atom is 0.173 e. The van der Waals surface area contributed by atoms with Gasteiger partial charge in [0.2, 0.25) is 0 Å². The average Bonchev–Trinajstić information content (AvgIpc) is 2.53. The molecule has 0 aromatic carbocycles. The summed E-state index contributed by atoms with van der Waals surface area (Å²) in [7, 11) is 0. The molecule has 1 heterocycles. The molecule has 0 bridgehead atoms. The van der Waals surface area contributed by atoms with Crippen molar-refractivity contribution in [2.75, 3.05) is 0 Å². The molecule has 64 valence electrons. The van der Waals surface area contributed by atoms with E-state index in [4.69, 9.17) is 0 Å². The summed E-state index contributed by atoms with van der Waals surface area (Å²) in [4.78, 5) is 13.7. The molecule has 0 spiro atoms. The number of carbonyl (C=O) groups is 1. The van der Waals surface area contributed by atoms with E-state index >= 15 is 0 Å². The zero-order valence-electron chi connectivity index (χ0n) is 7.39. The Labute approximate surface area is 76.4 Å². The molecular formula is C10H12OS. The Kier molecular flexibility index (Phi) is 1.80. The Morgan fingerprint density at radius 3 is 2.75 bits per heavy atom. The van der Waals surface area contributed by atoms with Gasteiger partial charge in [0, 0.05) is 11.3 Å². The Hall–Kier alpha value is -0.630. The van der Waals surface area contributed by atoms with Crippen LogP contribution in [0.2, 0.25) is 0 Å². The highest BCUT2D eigenvalue weighted by Gasteiger charge is 2.23. The topological polar surface area (TPSA) is 17.1 Å². The minimum Gasteiger partial charge on any atom is -0.293 e. The molecule has 0 saturated heterocycles. The first-order chi connectivity index (χ1) is 5.68. The molecule has 12 heavy (non-hydrogen) atoms. The lowest BCUT2D eigenvalue weighted by Gasteiger charge is -1.97. The van der Waals surface area contributed by atoms with Crippen LogP contribution in [0.1, 0.15) is 46.3 Å². The van der Waals surface area contributed by atoms with Gasteiger partial charge in [-0.25, -0.2) is 0 Å². The minimum atomic E-state index is 0.349. The van der Waals surface area contributed by atoms with Crippen molar-refractivity contribution in [2.45, 2.75) is 32.6 Å². The molecule has 0 radical (unpaired) electrons. The number of ketones is 1. The Morgan fingerprint density at radius 1 is 1.42 bits per heavy atom. The zero-order valence-corrected chi connectivity index (χ0v) is 8.20. The van der Waals surface area contributed by atoms with E-state index in [-0.39, 0.29) is 0 Å². The van der Waals surface area contributed by atoms with Crippen molar-refractivity contribution in [1.29, 1.82) is 0 Å². The molecule has 0 N–H and O–H groups in total. The summed E-state index contributed by atoms with van der Waals surface area (Å²) >= 11 is 1.69. The first-order valence-electron chi connectivity index (χ1n) is 4.34. The normalized spacial score (nSPS) is 15.8. The van der Waals surface area contributed by atoms with Gasteiger partial charge in [-0.2, -0.15) is 0 Å². The van der Waals surface area contributed by atoms with Crippen molar-refractivity contribution < 1.29 is 4.79 Å². The molecule has 1 aliphatic rings. The van der Waals surface area contributed by atoms with Crippen LogP contribution in [0.5, 0.6) is 0 Å². The first-order valence-corrected chi connectivity index (χ1v) is 5.16. The van der Waals surface area contributed by atoms with Crippen LogP contribution in [0.15, 0.2) is 6.07 Å². The van der Waals surface area contributed by atoms with Gasteiger partial charge in [-0.3, -0.25) is 4.79 Å². The average molecular weight is 180 g/mol. The summed E-state index contributed by atoms with van der Waals surface area (Å²) in [6.07, 6.45) is 1.71. The summed E-state index contributed by atoms with van der Waals surface area (Å²) in [5.41, 5.74) is 1.29. The Balaban J connectivity index is 2.43. The van der Waals surface area contributed by atoms with Crippen LogP contribution in [0.3, 0.4) is 0 Å². The first kappa shape index (κ1) is 7.99. The number of fused-ring (bicyclic) bond motifs is 1. The molecule has 0 aliphatic heterocycles. The van der Waals surface area contributed by atoms with Crippen molar-refractivity contribution in [3.05, 3.63) is 21.4 Å². The molecule has 0 fully saturated rings. The number of thiophene rings is 1. The van der Waals surface area contributed by atoms with Gasteiger partial charge in [0.1, 0.15) is 0 Å². The molecule has 1 aromatic heterocycles. The van der Waals surface area contributed by atoms with E-state index in [0.717, 1.165) is 17.7 Å². The van der Waals surface area contributed by atoms with Crippen LogP contribution in [0.25, 0.3) is 0 Å². The van der Waals surface area contributed by atoms with E-state index in [1.807, 2.05) is 0 Å². The van der Waals surface area contributed by atoms with Crippen LogP contribution in [-0.4, -0.2) is 5.78 Å². The second-order valence-corrected chi connectivity index (χ2v) is 4.66. The van der Waals surface area contributed by atoms with E-state index < -0.39 is 0 Å². The SMILES string of the molecule is CC(C)c1cc2c(s1)C(=O)CC2. The smallest absolute Gasteiger partial charge is 0.173 e. The second kappa shape index (κ2) is 2.70. The standard InChI is InChI=1S/C10H12OS/c1-6(2)9-5-7-3-4-8(11)10(7)12-9/h5-6H,3-4H2,1-2H3. The largest absolute Gasteiger partial charge is 0.293 e. The molecule has 0 amide bonds. The minimum absolute atomic E-state index is 0.349. The molecule has 1 nitrogen and oxygen atoms in total. The van der Waals surface area contributed by atoms with Crippen molar-refractivity contribution in [3.8, 4) is 0 Å². The molecule has 1 aromatic rings. The summed E-state index contributed by atoms with van der Waals surface area (Å²) in [5.74, 6) is 0.912. The second-order valence-electron chi connectivity index (χ2n) is 3.58. The predicted molar refractivity (Wildman–Crippen MR) is 51.1 cm³/mol. The maximum atomic E-state index is 11.3. The highest BCUT2D eigenvalue weighted by Crippen LogP contribution is 2.33. The van der Waals surface area contributed by atoms with Crippen LogP contribution in [0, 0.1) is 0 Å². The molecule has 0 saturated carbocycles. The third-order valence-electron chi connectivity index (χ3n) is 2.27. The third kappa shape index (κ3) is 1.11. The fourth-order valence-corrected chi connectivity index (χ4v) is 2.70.